The fraction of sp³-hybridized carbons (Fsp3) is 0.955. The fourth-order valence-corrected chi connectivity index (χ4v) is 8.13. The van der Waals surface area contributed by atoms with Crippen molar-refractivity contribution >= 4 is 5.78 Å². The largest absolute Gasteiger partial charge is 0.393 e. The minimum Gasteiger partial charge on any atom is -0.393 e. The van der Waals surface area contributed by atoms with Gasteiger partial charge >= 0.3 is 0 Å². The number of rotatable bonds is 2. The summed E-state index contributed by atoms with van der Waals surface area (Å²) in [5.74, 6) is 3.48. The van der Waals surface area contributed by atoms with Crippen LogP contribution in [-0.4, -0.2) is 28.2 Å². The van der Waals surface area contributed by atoms with Crippen LogP contribution in [0.1, 0.15) is 78.6 Å². The monoisotopic (exact) mass is 348 g/mol. The molecule has 3 heteroatoms. The average molecular weight is 349 g/mol. The highest BCUT2D eigenvalue weighted by Gasteiger charge is 2.61. The van der Waals surface area contributed by atoms with Gasteiger partial charge in [-0.2, -0.15) is 0 Å². The third-order valence-electron chi connectivity index (χ3n) is 9.61. The van der Waals surface area contributed by atoms with E-state index in [0.29, 0.717) is 17.1 Å². The van der Waals surface area contributed by atoms with Crippen LogP contribution >= 0.6 is 0 Å². The van der Waals surface area contributed by atoms with Crippen LogP contribution in [0.2, 0.25) is 0 Å². The molecule has 0 heterocycles. The maximum Gasteiger partial charge on any atom is 0.133 e. The number of hydrogen-bond acceptors (Lipinski definition) is 3. The van der Waals surface area contributed by atoms with Gasteiger partial charge in [-0.05, 0) is 99.2 Å². The number of hydrogen-bond donors (Lipinski definition) is 2. The molecule has 4 saturated carbocycles. The zero-order chi connectivity index (χ0) is 18.0. The Hall–Kier alpha value is -0.410. The number of aliphatic hydroxyl groups is 2. The van der Waals surface area contributed by atoms with Crippen LogP contribution in [0, 0.1) is 40.4 Å². The van der Waals surface area contributed by atoms with Gasteiger partial charge in [-0.3, -0.25) is 4.79 Å². The lowest BCUT2D eigenvalue weighted by Crippen LogP contribution is -2.56. The normalized spacial score (nSPS) is 55.2. The van der Waals surface area contributed by atoms with Crippen molar-refractivity contribution in [3.63, 3.8) is 0 Å². The lowest BCUT2D eigenvalue weighted by atomic mass is 9.44. The van der Waals surface area contributed by atoms with Gasteiger partial charge in [0.15, 0.2) is 0 Å². The van der Waals surface area contributed by atoms with Gasteiger partial charge in [0.05, 0.1) is 12.2 Å². The number of fused-ring (bicyclic) bond motifs is 5. The number of aliphatic hydroxyl groups excluding tert-OH is 1. The van der Waals surface area contributed by atoms with Crippen molar-refractivity contribution in [2.45, 2.75) is 84.2 Å². The van der Waals surface area contributed by atoms with Gasteiger partial charge in [-0.1, -0.05) is 13.8 Å². The average Bonchev–Trinajstić information content (AvgIpc) is 2.93. The highest BCUT2D eigenvalue weighted by atomic mass is 16.3. The first-order chi connectivity index (χ1) is 11.7. The number of carbonyl (C=O) groups is 1. The van der Waals surface area contributed by atoms with Gasteiger partial charge in [-0.25, -0.2) is 0 Å². The number of Topliss-reactive ketones (excluding diaryl/α,β-unsaturated/α-hetero) is 1. The SMILES string of the molecule is CC(=O)[C@H]1CCC2C3CC[C@H]4C[C@@](O)(CO)CC[C@]4(C)C3CC[C@@]21C. The Labute approximate surface area is 152 Å². The maximum atomic E-state index is 12.2. The Bertz CT molecular complexity index is 559. The summed E-state index contributed by atoms with van der Waals surface area (Å²) in [4.78, 5) is 12.2. The van der Waals surface area contributed by atoms with Gasteiger partial charge in [0, 0.05) is 5.92 Å². The minimum absolute atomic E-state index is 0.0886. The number of carbonyl (C=O) groups excluding carboxylic acids is 1. The van der Waals surface area contributed by atoms with E-state index in [1.54, 1.807) is 6.92 Å². The molecule has 4 aliphatic carbocycles. The molecule has 0 bridgehead atoms. The summed E-state index contributed by atoms with van der Waals surface area (Å²) in [7, 11) is 0. The molecule has 0 saturated heterocycles. The molecular formula is C22H36O3. The van der Waals surface area contributed by atoms with Crippen LogP contribution in [0.3, 0.4) is 0 Å². The second kappa shape index (κ2) is 5.79. The van der Waals surface area contributed by atoms with Gasteiger partial charge in [0.25, 0.3) is 0 Å². The van der Waals surface area contributed by atoms with E-state index in [4.69, 9.17) is 0 Å². The Kier molecular flexibility index (Phi) is 4.16. The van der Waals surface area contributed by atoms with Crippen molar-refractivity contribution in [2.75, 3.05) is 6.61 Å². The number of ketones is 1. The first kappa shape index (κ1) is 18.0. The Balaban J connectivity index is 1.59. The van der Waals surface area contributed by atoms with Crippen LogP contribution in [0.5, 0.6) is 0 Å². The van der Waals surface area contributed by atoms with Crippen LogP contribution in [-0.2, 0) is 4.79 Å². The molecule has 25 heavy (non-hydrogen) atoms. The van der Waals surface area contributed by atoms with Gasteiger partial charge in [0.1, 0.15) is 5.78 Å². The fourth-order valence-electron chi connectivity index (χ4n) is 8.13. The zero-order valence-electron chi connectivity index (χ0n) is 16.3. The molecule has 0 aromatic rings. The molecule has 0 aromatic heterocycles. The van der Waals surface area contributed by atoms with Crippen molar-refractivity contribution in [2.24, 2.45) is 40.4 Å². The van der Waals surface area contributed by atoms with Crippen LogP contribution in [0.4, 0.5) is 0 Å². The van der Waals surface area contributed by atoms with Crippen molar-refractivity contribution in [3.05, 3.63) is 0 Å². The van der Waals surface area contributed by atoms with Gasteiger partial charge in [-0.15, -0.1) is 0 Å². The molecule has 0 amide bonds. The quantitative estimate of drug-likeness (QED) is 0.794. The lowest BCUT2D eigenvalue weighted by Gasteiger charge is -2.62. The molecule has 0 spiro atoms. The second-order valence-electron chi connectivity index (χ2n) is 10.5. The lowest BCUT2D eigenvalue weighted by molar-refractivity contribution is -0.161. The third kappa shape index (κ3) is 2.48. The van der Waals surface area contributed by atoms with E-state index in [0.717, 1.165) is 43.4 Å². The van der Waals surface area contributed by atoms with Gasteiger partial charge < -0.3 is 10.2 Å². The smallest absolute Gasteiger partial charge is 0.133 e. The van der Waals surface area contributed by atoms with Gasteiger partial charge in [0.2, 0.25) is 0 Å². The Morgan fingerprint density at radius 3 is 2.36 bits per heavy atom. The highest BCUT2D eigenvalue weighted by molar-refractivity contribution is 5.79. The van der Waals surface area contributed by atoms with E-state index in [-0.39, 0.29) is 17.9 Å². The highest BCUT2D eigenvalue weighted by Crippen LogP contribution is 2.68. The first-order valence-corrected chi connectivity index (χ1v) is 10.6. The molecule has 4 fully saturated rings. The van der Waals surface area contributed by atoms with Crippen LogP contribution in [0.25, 0.3) is 0 Å². The van der Waals surface area contributed by atoms with E-state index in [1.165, 1.54) is 32.1 Å². The Morgan fingerprint density at radius 1 is 0.960 bits per heavy atom. The summed E-state index contributed by atoms with van der Waals surface area (Å²) in [6, 6.07) is 0. The molecule has 2 N–H and O–H groups in total. The van der Waals surface area contributed by atoms with E-state index in [1.807, 2.05) is 0 Å². The molecule has 142 valence electrons. The minimum atomic E-state index is -0.840. The molecule has 4 aliphatic rings. The molecule has 0 radical (unpaired) electrons. The van der Waals surface area contributed by atoms with Crippen molar-refractivity contribution in [1.82, 2.24) is 0 Å². The van der Waals surface area contributed by atoms with E-state index in [2.05, 4.69) is 13.8 Å². The van der Waals surface area contributed by atoms with Crippen LogP contribution in [0.15, 0.2) is 0 Å². The summed E-state index contributed by atoms with van der Waals surface area (Å²) in [6.07, 6.45) is 9.83. The zero-order valence-corrected chi connectivity index (χ0v) is 16.3. The van der Waals surface area contributed by atoms with Crippen molar-refractivity contribution in [3.8, 4) is 0 Å². The molecular weight excluding hydrogens is 312 g/mol. The van der Waals surface area contributed by atoms with E-state index >= 15 is 0 Å². The van der Waals surface area contributed by atoms with Crippen LogP contribution < -0.4 is 0 Å². The topological polar surface area (TPSA) is 57.5 Å². The molecule has 0 aliphatic heterocycles. The molecule has 8 atom stereocenters. The van der Waals surface area contributed by atoms with Crippen molar-refractivity contribution in [1.29, 1.82) is 0 Å². The first-order valence-electron chi connectivity index (χ1n) is 10.6. The summed E-state index contributed by atoms with van der Waals surface area (Å²) in [6.45, 7) is 6.60. The summed E-state index contributed by atoms with van der Waals surface area (Å²) in [5, 5.41) is 20.2. The second-order valence-corrected chi connectivity index (χ2v) is 10.5. The molecule has 3 unspecified atom stereocenters. The predicted octanol–water partition coefficient (Wildman–Crippen LogP) is 3.96. The summed E-state index contributed by atoms with van der Waals surface area (Å²) in [5.41, 5.74) is -0.288. The van der Waals surface area contributed by atoms with Crippen molar-refractivity contribution < 1.29 is 15.0 Å². The molecule has 3 nitrogen and oxygen atoms in total. The predicted molar refractivity (Wildman–Crippen MR) is 97.9 cm³/mol. The van der Waals surface area contributed by atoms with E-state index < -0.39 is 5.60 Å². The maximum absolute atomic E-state index is 12.2. The standard InChI is InChI=1S/C22H36O3/c1-14(24)17-6-7-18-16-5-4-15-12-22(25,13-23)11-10-20(15,2)19(16)8-9-21(17,18)3/h15-19,23,25H,4-13H2,1-3H3/t15-,16?,17+,18?,19?,20-,21+,22+/m0/s1. The van der Waals surface area contributed by atoms with E-state index in [9.17, 15) is 15.0 Å². The summed E-state index contributed by atoms with van der Waals surface area (Å²) >= 11 is 0. The molecule has 4 rings (SSSR count). The summed E-state index contributed by atoms with van der Waals surface area (Å²) < 4.78 is 0. The molecule has 0 aromatic carbocycles. The third-order valence-corrected chi connectivity index (χ3v) is 9.61. The Morgan fingerprint density at radius 2 is 1.68 bits per heavy atom.